The average Bonchev–Trinajstić information content (AvgIpc) is 3.36. The van der Waals surface area contributed by atoms with Crippen LogP contribution in [0.15, 0.2) is 12.3 Å². The minimum Gasteiger partial charge on any atom is -0.388 e. The summed E-state index contributed by atoms with van der Waals surface area (Å²) in [6, 6.07) is 2.03. The zero-order chi connectivity index (χ0) is 26.1. The van der Waals surface area contributed by atoms with E-state index in [4.69, 9.17) is 0 Å². The van der Waals surface area contributed by atoms with Gasteiger partial charge in [-0.25, -0.2) is 9.97 Å². The lowest BCUT2D eigenvalue weighted by Gasteiger charge is -2.24. The highest BCUT2D eigenvalue weighted by molar-refractivity contribution is 7.17. The summed E-state index contributed by atoms with van der Waals surface area (Å²) >= 11 is 1.13. The minimum atomic E-state index is -1.36. The van der Waals surface area contributed by atoms with Gasteiger partial charge in [-0.05, 0) is 72.9 Å². The van der Waals surface area contributed by atoms with Gasteiger partial charge in [-0.3, -0.25) is 9.59 Å². The summed E-state index contributed by atoms with van der Waals surface area (Å²) in [6.45, 7) is 13.6. The average molecular weight is 504 g/mol. The number of hydrogen-bond acceptors (Lipinski definition) is 8. The van der Waals surface area contributed by atoms with Crippen LogP contribution in [-0.2, 0) is 0 Å². The van der Waals surface area contributed by atoms with Gasteiger partial charge in [-0.2, -0.15) is 0 Å². The molecule has 4 N–H and O–H groups in total. The summed E-state index contributed by atoms with van der Waals surface area (Å²) in [5, 5.41) is 26.1. The topological polar surface area (TPSA) is 128 Å². The van der Waals surface area contributed by atoms with Crippen LogP contribution in [0.1, 0.15) is 80.2 Å². The molecule has 9 nitrogen and oxygen atoms in total. The molecule has 35 heavy (non-hydrogen) atoms. The molecule has 1 saturated heterocycles. The number of nitrogens with one attached hydrogen (secondary N) is 2. The molecular weight excluding hydrogens is 466 g/mol. The Balaban J connectivity index is 1.97. The molecule has 2 atom stereocenters. The summed E-state index contributed by atoms with van der Waals surface area (Å²) in [6.07, 6.45) is 2.43. The van der Waals surface area contributed by atoms with Gasteiger partial charge in [0, 0.05) is 36.4 Å². The summed E-state index contributed by atoms with van der Waals surface area (Å²) in [5.41, 5.74) is 0.367. The van der Waals surface area contributed by atoms with Crippen LogP contribution in [-0.4, -0.2) is 73.3 Å². The third-order valence-corrected chi connectivity index (χ3v) is 7.06. The summed E-state index contributed by atoms with van der Waals surface area (Å²) in [5.74, 6) is 0.0145. The molecule has 0 aromatic carbocycles. The highest BCUT2D eigenvalue weighted by Crippen LogP contribution is 2.35. The van der Waals surface area contributed by atoms with Gasteiger partial charge < -0.3 is 25.7 Å². The van der Waals surface area contributed by atoms with Gasteiger partial charge in [0.1, 0.15) is 11.5 Å². The molecule has 0 spiro atoms. The van der Waals surface area contributed by atoms with Crippen molar-refractivity contribution < 1.29 is 19.8 Å². The fraction of sp³-hybridized carbons (Fsp3) is 0.600. The van der Waals surface area contributed by atoms with E-state index in [1.54, 1.807) is 11.1 Å². The van der Waals surface area contributed by atoms with Crippen LogP contribution in [0.2, 0.25) is 0 Å². The van der Waals surface area contributed by atoms with Crippen molar-refractivity contribution in [2.24, 2.45) is 0 Å². The van der Waals surface area contributed by atoms with Gasteiger partial charge in [0.05, 0.1) is 16.6 Å². The quantitative estimate of drug-likeness (QED) is 0.457. The standard InChI is InChI=1S/C25H37N5O4S/c1-14-11-18(29-24(3,4)5)26-12-16(14)20-19(23(33)30-10-8-9-15(30)2)28-22(35-20)21(32)27-13-17(31)25(6,7)34/h11-12,15,17,31,34H,8-10,13H2,1-7H3,(H,26,29)(H,27,32)/t15-,17-/m0/s1. The van der Waals surface area contributed by atoms with Gasteiger partial charge >= 0.3 is 0 Å². The number of carbonyl (C=O) groups is 2. The SMILES string of the molecule is Cc1cc(NC(C)(C)C)ncc1-c1sc(C(=O)NC[C@H](O)C(C)(C)O)nc1C(=O)N1CCC[C@@H]1C. The molecule has 1 aliphatic heterocycles. The van der Waals surface area contributed by atoms with Crippen LogP contribution in [0, 0.1) is 6.92 Å². The molecule has 3 heterocycles. The number of aliphatic hydroxyl groups is 2. The zero-order valence-corrected chi connectivity index (χ0v) is 22.4. The molecule has 0 radical (unpaired) electrons. The highest BCUT2D eigenvalue weighted by atomic mass is 32.1. The molecule has 2 aromatic rings. The van der Waals surface area contributed by atoms with Crippen molar-refractivity contribution >= 4 is 29.0 Å². The van der Waals surface area contributed by atoms with Crippen LogP contribution < -0.4 is 10.6 Å². The predicted molar refractivity (Wildman–Crippen MR) is 138 cm³/mol. The number of pyridine rings is 1. The van der Waals surface area contributed by atoms with Gasteiger partial charge in [-0.1, -0.05) is 0 Å². The number of rotatable bonds is 7. The Morgan fingerprint density at radius 1 is 1.29 bits per heavy atom. The molecule has 192 valence electrons. The van der Waals surface area contributed by atoms with Crippen molar-refractivity contribution in [1.82, 2.24) is 20.2 Å². The minimum absolute atomic E-state index is 0.105. The molecular formula is C25H37N5O4S. The lowest BCUT2D eigenvalue weighted by Crippen LogP contribution is -2.44. The highest BCUT2D eigenvalue weighted by Gasteiger charge is 2.32. The van der Waals surface area contributed by atoms with Gasteiger partial charge in [-0.15, -0.1) is 11.3 Å². The third-order valence-electron chi connectivity index (χ3n) is 5.97. The fourth-order valence-corrected chi connectivity index (χ4v) is 4.93. The molecule has 0 unspecified atom stereocenters. The zero-order valence-electron chi connectivity index (χ0n) is 21.6. The maximum absolute atomic E-state index is 13.5. The first-order chi connectivity index (χ1) is 16.2. The van der Waals surface area contributed by atoms with Crippen molar-refractivity contribution in [3.05, 3.63) is 28.5 Å². The number of hydrogen-bond donors (Lipinski definition) is 4. The van der Waals surface area contributed by atoms with Crippen molar-refractivity contribution in [3.63, 3.8) is 0 Å². The van der Waals surface area contributed by atoms with E-state index in [0.29, 0.717) is 11.4 Å². The molecule has 0 bridgehead atoms. The Morgan fingerprint density at radius 3 is 2.51 bits per heavy atom. The van der Waals surface area contributed by atoms with Crippen LogP contribution >= 0.6 is 11.3 Å². The number of thiazole rings is 1. The first-order valence-electron chi connectivity index (χ1n) is 11.9. The maximum Gasteiger partial charge on any atom is 0.280 e. The van der Waals surface area contributed by atoms with Crippen molar-refractivity contribution in [3.8, 4) is 10.4 Å². The number of likely N-dealkylation sites (tertiary alicyclic amines) is 1. The molecule has 1 aliphatic rings. The number of amides is 2. The van der Waals surface area contributed by atoms with E-state index in [0.717, 1.165) is 41.1 Å². The summed E-state index contributed by atoms with van der Waals surface area (Å²) < 4.78 is 0. The molecule has 3 rings (SSSR count). The van der Waals surface area contributed by atoms with E-state index in [9.17, 15) is 19.8 Å². The number of aromatic nitrogens is 2. The van der Waals surface area contributed by atoms with E-state index < -0.39 is 17.6 Å². The normalized spacial score (nSPS) is 17.4. The number of aliphatic hydroxyl groups excluding tert-OH is 1. The van der Waals surface area contributed by atoms with E-state index in [1.807, 2.05) is 19.9 Å². The van der Waals surface area contributed by atoms with Crippen LogP contribution in [0.25, 0.3) is 10.4 Å². The largest absolute Gasteiger partial charge is 0.388 e. The molecule has 0 saturated carbocycles. The maximum atomic E-state index is 13.5. The Bertz CT molecular complexity index is 1090. The first-order valence-corrected chi connectivity index (χ1v) is 12.7. The lowest BCUT2D eigenvalue weighted by molar-refractivity contribution is -0.0453. The first kappa shape index (κ1) is 27.0. The molecule has 2 aromatic heterocycles. The lowest BCUT2D eigenvalue weighted by atomic mass is 10.0. The monoisotopic (exact) mass is 503 g/mol. The number of aryl methyl sites for hydroxylation is 1. The Kier molecular flexibility index (Phi) is 7.88. The second-order valence-corrected chi connectivity index (χ2v) is 11.8. The molecule has 10 heteroatoms. The van der Waals surface area contributed by atoms with Crippen LogP contribution in [0.3, 0.4) is 0 Å². The molecule has 1 fully saturated rings. The second kappa shape index (κ2) is 10.2. The van der Waals surface area contributed by atoms with Gasteiger partial charge in [0.25, 0.3) is 11.8 Å². The fourth-order valence-electron chi connectivity index (χ4n) is 3.88. The third kappa shape index (κ3) is 6.56. The Morgan fingerprint density at radius 2 is 1.97 bits per heavy atom. The Hall–Kier alpha value is -2.56. The smallest absolute Gasteiger partial charge is 0.280 e. The van der Waals surface area contributed by atoms with Crippen molar-refractivity contribution in [2.45, 2.75) is 84.6 Å². The van der Waals surface area contributed by atoms with Crippen LogP contribution in [0.5, 0.6) is 0 Å². The van der Waals surface area contributed by atoms with Gasteiger partial charge in [0.2, 0.25) is 0 Å². The van der Waals surface area contributed by atoms with Crippen molar-refractivity contribution in [1.29, 1.82) is 0 Å². The molecule has 0 aliphatic carbocycles. The summed E-state index contributed by atoms with van der Waals surface area (Å²) in [7, 11) is 0. The van der Waals surface area contributed by atoms with E-state index >= 15 is 0 Å². The van der Waals surface area contributed by atoms with Gasteiger partial charge in [0.15, 0.2) is 5.01 Å². The van der Waals surface area contributed by atoms with E-state index in [1.165, 1.54) is 13.8 Å². The number of carbonyl (C=O) groups excluding carboxylic acids is 2. The predicted octanol–water partition coefficient (Wildman–Crippen LogP) is 3.21. The summed E-state index contributed by atoms with van der Waals surface area (Å²) in [4.78, 5) is 37.7. The van der Waals surface area contributed by atoms with E-state index in [-0.39, 0.29) is 34.7 Å². The number of anilines is 1. The van der Waals surface area contributed by atoms with E-state index in [2.05, 4.69) is 41.4 Å². The second-order valence-electron chi connectivity index (χ2n) is 10.8. The molecule has 2 amide bonds. The van der Waals surface area contributed by atoms with Crippen LogP contribution in [0.4, 0.5) is 5.82 Å². The number of nitrogens with zero attached hydrogens (tertiary/aromatic N) is 3. The van der Waals surface area contributed by atoms with Crippen molar-refractivity contribution in [2.75, 3.05) is 18.4 Å². The Labute approximate surface area is 211 Å².